The Labute approximate surface area is 123 Å². The van der Waals surface area contributed by atoms with Gasteiger partial charge < -0.3 is 0 Å². The molecule has 0 fully saturated rings. The van der Waals surface area contributed by atoms with Gasteiger partial charge in [-0.25, -0.2) is 0 Å². The number of hydrogen-bond donors (Lipinski definition) is 0. The molecule has 20 heavy (non-hydrogen) atoms. The van der Waals surface area contributed by atoms with Crippen molar-refractivity contribution in [1.29, 1.82) is 0 Å². The molecule has 2 aromatic carbocycles. The fourth-order valence-electron chi connectivity index (χ4n) is 3.42. The highest BCUT2D eigenvalue weighted by molar-refractivity contribution is 6.77. The lowest BCUT2D eigenvalue weighted by Gasteiger charge is -2.14. The van der Waals surface area contributed by atoms with Crippen molar-refractivity contribution in [3.8, 4) is 0 Å². The van der Waals surface area contributed by atoms with Gasteiger partial charge in [-0.15, -0.1) is 0 Å². The topological polar surface area (TPSA) is 0 Å². The lowest BCUT2D eigenvalue weighted by molar-refractivity contribution is 0.804. The molecule has 1 radical (unpaired) electrons. The molecule has 0 amide bonds. The molecule has 1 atom stereocenters. The molecule has 0 saturated carbocycles. The molecule has 0 N–H and O–H groups in total. The van der Waals surface area contributed by atoms with E-state index >= 15 is 0 Å². The van der Waals surface area contributed by atoms with Crippen LogP contribution in [0.2, 0.25) is 13.1 Å². The standard InChI is InChI=1S/C19H21Si/c1-14-18(13-15-9-5-4-6-10-15)16-11-7-8-12-17(16)19(14)20(2)3/h4-12,18H,13H2,1-3H3. The Hall–Kier alpha value is -1.60. The summed E-state index contributed by atoms with van der Waals surface area (Å²) in [7, 11) is -0.417. The highest BCUT2D eigenvalue weighted by Gasteiger charge is 2.29. The largest absolute Gasteiger partial charge is 0.0799 e. The van der Waals surface area contributed by atoms with Gasteiger partial charge in [0, 0.05) is 5.92 Å². The first-order chi connectivity index (χ1) is 9.68. The van der Waals surface area contributed by atoms with Gasteiger partial charge in [-0.2, -0.15) is 0 Å². The summed E-state index contributed by atoms with van der Waals surface area (Å²) in [5.41, 5.74) is 6.10. The van der Waals surface area contributed by atoms with Gasteiger partial charge in [0.2, 0.25) is 0 Å². The van der Waals surface area contributed by atoms with Crippen LogP contribution in [0.3, 0.4) is 0 Å². The lowest BCUT2D eigenvalue weighted by atomic mass is 9.90. The Bertz CT molecular complexity index is 638. The van der Waals surface area contributed by atoms with Gasteiger partial charge in [0.1, 0.15) is 0 Å². The Morgan fingerprint density at radius 2 is 1.55 bits per heavy atom. The van der Waals surface area contributed by atoms with Gasteiger partial charge in [0.25, 0.3) is 0 Å². The smallest absolute Gasteiger partial charge is 0.0671 e. The zero-order valence-corrected chi connectivity index (χ0v) is 13.5. The molecule has 0 spiro atoms. The summed E-state index contributed by atoms with van der Waals surface area (Å²) in [5.74, 6) is 0.573. The molecule has 1 aliphatic carbocycles. The van der Waals surface area contributed by atoms with Crippen LogP contribution in [-0.2, 0) is 6.42 Å². The number of rotatable bonds is 3. The van der Waals surface area contributed by atoms with Crippen LogP contribution in [0.15, 0.2) is 60.2 Å². The fraction of sp³-hybridized carbons (Fsp3) is 0.263. The molecule has 0 bridgehead atoms. The maximum absolute atomic E-state index is 2.41. The lowest BCUT2D eigenvalue weighted by Crippen LogP contribution is -2.05. The number of hydrogen-bond acceptors (Lipinski definition) is 0. The van der Waals surface area contributed by atoms with E-state index in [0.717, 1.165) is 6.42 Å². The van der Waals surface area contributed by atoms with Crippen LogP contribution in [0.1, 0.15) is 29.5 Å². The first-order valence-corrected chi connectivity index (χ1v) is 9.83. The van der Waals surface area contributed by atoms with Crippen LogP contribution in [0.4, 0.5) is 0 Å². The van der Waals surface area contributed by atoms with Crippen molar-refractivity contribution in [2.75, 3.05) is 0 Å². The third-order valence-electron chi connectivity index (χ3n) is 4.31. The van der Waals surface area contributed by atoms with Gasteiger partial charge in [-0.3, -0.25) is 0 Å². The molecule has 0 saturated heterocycles. The van der Waals surface area contributed by atoms with E-state index < -0.39 is 8.80 Å². The number of allylic oxidation sites excluding steroid dienone is 1. The Kier molecular flexibility index (Phi) is 3.62. The predicted molar refractivity (Wildman–Crippen MR) is 89.4 cm³/mol. The Morgan fingerprint density at radius 3 is 2.25 bits per heavy atom. The minimum Gasteiger partial charge on any atom is -0.0671 e. The zero-order valence-electron chi connectivity index (χ0n) is 12.5. The molecule has 1 unspecified atom stereocenters. The first kappa shape index (κ1) is 13.4. The van der Waals surface area contributed by atoms with E-state index in [9.17, 15) is 0 Å². The van der Waals surface area contributed by atoms with E-state index in [4.69, 9.17) is 0 Å². The van der Waals surface area contributed by atoms with Crippen molar-refractivity contribution in [2.45, 2.75) is 32.4 Å². The van der Waals surface area contributed by atoms with Gasteiger partial charge in [-0.1, -0.05) is 78.5 Å². The van der Waals surface area contributed by atoms with Gasteiger partial charge in [0.05, 0.1) is 8.80 Å². The average molecular weight is 277 g/mol. The quantitative estimate of drug-likeness (QED) is 0.685. The van der Waals surface area contributed by atoms with Crippen LogP contribution in [-0.4, -0.2) is 8.80 Å². The van der Waals surface area contributed by atoms with Crippen molar-refractivity contribution in [2.24, 2.45) is 0 Å². The fourth-order valence-corrected chi connectivity index (χ4v) is 5.15. The van der Waals surface area contributed by atoms with E-state index in [2.05, 4.69) is 74.6 Å². The molecular weight excluding hydrogens is 256 g/mol. The van der Waals surface area contributed by atoms with Crippen LogP contribution in [0, 0.1) is 0 Å². The number of benzene rings is 2. The van der Waals surface area contributed by atoms with Gasteiger partial charge in [0.15, 0.2) is 0 Å². The van der Waals surface area contributed by atoms with Crippen LogP contribution in [0.25, 0.3) is 5.20 Å². The highest BCUT2D eigenvalue weighted by Crippen LogP contribution is 2.44. The maximum Gasteiger partial charge on any atom is 0.0799 e. The average Bonchev–Trinajstić information content (AvgIpc) is 2.73. The summed E-state index contributed by atoms with van der Waals surface area (Å²) in [5, 5.41) is 1.66. The molecule has 1 aliphatic rings. The maximum atomic E-state index is 2.41. The van der Waals surface area contributed by atoms with Crippen molar-refractivity contribution in [1.82, 2.24) is 0 Å². The van der Waals surface area contributed by atoms with E-state index in [1.165, 1.54) is 16.7 Å². The minimum absolute atomic E-state index is 0.417. The van der Waals surface area contributed by atoms with Crippen molar-refractivity contribution < 1.29 is 0 Å². The molecule has 1 heteroatoms. The van der Waals surface area contributed by atoms with E-state index in [0.29, 0.717) is 5.92 Å². The van der Waals surface area contributed by atoms with Gasteiger partial charge in [-0.05, 0) is 30.0 Å². The molecule has 101 valence electrons. The van der Waals surface area contributed by atoms with E-state index in [1.54, 1.807) is 10.8 Å². The van der Waals surface area contributed by atoms with Crippen molar-refractivity contribution in [3.05, 3.63) is 76.9 Å². The van der Waals surface area contributed by atoms with Crippen molar-refractivity contribution in [3.63, 3.8) is 0 Å². The summed E-state index contributed by atoms with van der Waals surface area (Å²) in [6.07, 6.45) is 1.13. The summed E-state index contributed by atoms with van der Waals surface area (Å²) in [4.78, 5) is 0. The van der Waals surface area contributed by atoms with Crippen LogP contribution in [0.5, 0.6) is 0 Å². The van der Waals surface area contributed by atoms with Crippen LogP contribution >= 0.6 is 0 Å². The second kappa shape index (κ2) is 5.41. The summed E-state index contributed by atoms with van der Waals surface area (Å²) >= 11 is 0. The summed E-state index contributed by atoms with van der Waals surface area (Å²) < 4.78 is 0. The van der Waals surface area contributed by atoms with Crippen LogP contribution < -0.4 is 0 Å². The monoisotopic (exact) mass is 277 g/mol. The molecular formula is C19H21Si. The molecule has 0 nitrogen and oxygen atoms in total. The highest BCUT2D eigenvalue weighted by atomic mass is 28.3. The zero-order chi connectivity index (χ0) is 14.1. The molecule has 0 aromatic heterocycles. The Balaban J connectivity index is 2.03. The SMILES string of the molecule is CC1=C([Si](C)C)c2ccccc2C1Cc1ccccc1. The van der Waals surface area contributed by atoms with Gasteiger partial charge >= 0.3 is 0 Å². The molecule has 3 rings (SSSR count). The summed E-state index contributed by atoms with van der Waals surface area (Å²) in [6, 6.07) is 19.9. The van der Waals surface area contributed by atoms with E-state index in [1.807, 2.05) is 0 Å². The van der Waals surface area contributed by atoms with E-state index in [-0.39, 0.29) is 0 Å². The third-order valence-corrected chi connectivity index (χ3v) is 5.97. The number of fused-ring (bicyclic) bond motifs is 1. The second-order valence-electron chi connectivity index (χ2n) is 5.89. The third kappa shape index (κ3) is 2.27. The molecule has 2 aromatic rings. The molecule has 0 heterocycles. The molecule has 0 aliphatic heterocycles. The first-order valence-electron chi connectivity index (χ1n) is 7.33. The second-order valence-corrected chi connectivity index (χ2v) is 8.39. The minimum atomic E-state index is -0.417. The Morgan fingerprint density at radius 1 is 0.900 bits per heavy atom. The summed E-state index contributed by atoms with van der Waals surface area (Å²) in [6.45, 7) is 7.16. The van der Waals surface area contributed by atoms with Crippen molar-refractivity contribution >= 4 is 14.0 Å². The predicted octanol–water partition coefficient (Wildman–Crippen LogP) is 5.09. The normalized spacial score (nSPS) is 17.7.